The molecule has 1 amide bonds. The van der Waals surface area contributed by atoms with Crippen LogP contribution in [0.2, 0.25) is 0 Å². The first kappa shape index (κ1) is 17.5. The molecule has 6 heteroatoms. The number of hydrogen-bond acceptors (Lipinski definition) is 4. The predicted molar refractivity (Wildman–Crippen MR) is 103 cm³/mol. The maximum Gasteiger partial charge on any atom is 0.253 e. The monoisotopic (exact) mass is 365 g/mol. The highest BCUT2D eigenvalue weighted by Crippen LogP contribution is 2.18. The standard InChI is InChI=1S/C21H23N3O3/c1-14-10-17-11-15(2-4-19(17)24-14)12-23-21(25)16-3-5-20(22-13-16)27-18-6-8-26-9-7-18/h2-5,10-11,13,18,24H,6-9,12H2,1H3,(H,23,25). The third-order valence-electron chi connectivity index (χ3n) is 4.73. The van der Waals surface area contributed by atoms with Crippen LogP contribution in [0, 0.1) is 6.92 Å². The van der Waals surface area contributed by atoms with Gasteiger partial charge in [-0.15, -0.1) is 0 Å². The van der Waals surface area contributed by atoms with Gasteiger partial charge in [0, 0.05) is 42.9 Å². The Morgan fingerprint density at radius 2 is 2.11 bits per heavy atom. The number of H-pyrrole nitrogens is 1. The summed E-state index contributed by atoms with van der Waals surface area (Å²) in [5.41, 5.74) is 3.81. The predicted octanol–water partition coefficient (Wildman–Crippen LogP) is 3.36. The SMILES string of the molecule is Cc1cc2cc(CNC(=O)c3ccc(OC4CCOCC4)nc3)ccc2[nH]1. The number of nitrogens with zero attached hydrogens (tertiary/aromatic N) is 1. The van der Waals surface area contributed by atoms with E-state index in [2.05, 4.69) is 27.4 Å². The van der Waals surface area contributed by atoms with Gasteiger partial charge in [0.1, 0.15) is 6.10 Å². The lowest BCUT2D eigenvalue weighted by Gasteiger charge is -2.22. The van der Waals surface area contributed by atoms with Gasteiger partial charge in [0.2, 0.25) is 5.88 Å². The number of pyridine rings is 1. The molecule has 0 bridgehead atoms. The molecule has 0 atom stereocenters. The van der Waals surface area contributed by atoms with E-state index in [0.29, 0.717) is 18.0 Å². The maximum absolute atomic E-state index is 12.4. The van der Waals surface area contributed by atoms with Crippen molar-refractivity contribution in [1.82, 2.24) is 15.3 Å². The van der Waals surface area contributed by atoms with Gasteiger partial charge in [-0.25, -0.2) is 4.98 Å². The molecule has 6 nitrogen and oxygen atoms in total. The Balaban J connectivity index is 1.34. The summed E-state index contributed by atoms with van der Waals surface area (Å²) in [6.45, 7) is 3.95. The van der Waals surface area contributed by atoms with E-state index < -0.39 is 0 Å². The third-order valence-corrected chi connectivity index (χ3v) is 4.73. The van der Waals surface area contributed by atoms with Gasteiger partial charge >= 0.3 is 0 Å². The summed E-state index contributed by atoms with van der Waals surface area (Å²) in [5, 5.41) is 4.09. The summed E-state index contributed by atoms with van der Waals surface area (Å²) in [4.78, 5) is 19.9. The minimum atomic E-state index is -0.148. The molecule has 0 saturated carbocycles. The van der Waals surface area contributed by atoms with Crippen LogP contribution in [0.1, 0.15) is 34.5 Å². The second-order valence-corrected chi connectivity index (χ2v) is 6.87. The van der Waals surface area contributed by atoms with Gasteiger partial charge in [-0.1, -0.05) is 6.07 Å². The molecule has 0 aliphatic carbocycles. The van der Waals surface area contributed by atoms with Crippen molar-refractivity contribution in [1.29, 1.82) is 0 Å². The Kier molecular flexibility index (Phi) is 5.07. The molecule has 27 heavy (non-hydrogen) atoms. The zero-order chi connectivity index (χ0) is 18.6. The van der Waals surface area contributed by atoms with Crippen LogP contribution in [-0.2, 0) is 11.3 Å². The number of carbonyl (C=O) groups is 1. The molecule has 1 aromatic carbocycles. The molecule has 3 aromatic rings. The summed E-state index contributed by atoms with van der Waals surface area (Å²) in [7, 11) is 0. The first-order chi connectivity index (χ1) is 13.2. The topological polar surface area (TPSA) is 76.2 Å². The molecule has 0 spiro atoms. The van der Waals surface area contributed by atoms with E-state index in [9.17, 15) is 4.79 Å². The van der Waals surface area contributed by atoms with Gasteiger partial charge in [0.25, 0.3) is 5.91 Å². The van der Waals surface area contributed by atoms with Crippen molar-refractivity contribution in [2.75, 3.05) is 13.2 Å². The zero-order valence-corrected chi connectivity index (χ0v) is 15.3. The molecule has 1 fully saturated rings. The number of aryl methyl sites for hydroxylation is 1. The fourth-order valence-corrected chi connectivity index (χ4v) is 3.27. The molecule has 1 saturated heterocycles. The molecule has 140 valence electrons. The van der Waals surface area contributed by atoms with Gasteiger partial charge < -0.3 is 19.8 Å². The fraction of sp³-hybridized carbons (Fsp3) is 0.333. The van der Waals surface area contributed by atoms with Crippen molar-refractivity contribution < 1.29 is 14.3 Å². The number of ether oxygens (including phenoxy) is 2. The number of hydrogen-bond donors (Lipinski definition) is 2. The summed E-state index contributed by atoms with van der Waals surface area (Å²) in [6, 6.07) is 11.7. The molecule has 1 aliphatic heterocycles. The van der Waals surface area contributed by atoms with Crippen molar-refractivity contribution >= 4 is 16.8 Å². The van der Waals surface area contributed by atoms with E-state index in [4.69, 9.17) is 9.47 Å². The van der Waals surface area contributed by atoms with Gasteiger partial charge in [-0.05, 0) is 42.1 Å². The Labute approximate surface area is 157 Å². The second-order valence-electron chi connectivity index (χ2n) is 6.87. The number of nitrogens with one attached hydrogen (secondary N) is 2. The lowest BCUT2D eigenvalue weighted by Crippen LogP contribution is -2.26. The van der Waals surface area contributed by atoms with Crippen molar-refractivity contribution in [2.24, 2.45) is 0 Å². The molecule has 0 unspecified atom stereocenters. The molecule has 3 heterocycles. The Bertz CT molecular complexity index is 927. The van der Waals surface area contributed by atoms with Crippen LogP contribution in [0.4, 0.5) is 0 Å². The summed E-state index contributed by atoms with van der Waals surface area (Å²) in [5.74, 6) is 0.400. The number of aromatic amines is 1. The van der Waals surface area contributed by atoms with Gasteiger partial charge in [0.15, 0.2) is 0 Å². The van der Waals surface area contributed by atoms with Crippen molar-refractivity contribution in [3.05, 3.63) is 59.4 Å². The molecule has 1 aliphatic rings. The maximum atomic E-state index is 12.4. The summed E-state index contributed by atoms with van der Waals surface area (Å²) >= 11 is 0. The fourth-order valence-electron chi connectivity index (χ4n) is 3.27. The van der Waals surface area contributed by atoms with E-state index in [1.807, 2.05) is 19.1 Å². The van der Waals surface area contributed by atoms with Crippen molar-refractivity contribution in [3.63, 3.8) is 0 Å². The summed E-state index contributed by atoms with van der Waals surface area (Å²) < 4.78 is 11.2. The van der Waals surface area contributed by atoms with Gasteiger partial charge in [0.05, 0.1) is 18.8 Å². The van der Waals surface area contributed by atoms with Gasteiger partial charge in [-0.2, -0.15) is 0 Å². The molecule has 2 N–H and O–H groups in total. The number of aromatic nitrogens is 2. The average Bonchev–Trinajstić information content (AvgIpc) is 3.07. The Morgan fingerprint density at radius 3 is 2.89 bits per heavy atom. The highest BCUT2D eigenvalue weighted by molar-refractivity contribution is 5.94. The first-order valence-corrected chi connectivity index (χ1v) is 9.24. The zero-order valence-electron chi connectivity index (χ0n) is 15.3. The van der Waals surface area contributed by atoms with Crippen molar-refractivity contribution in [2.45, 2.75) is 32.4 Å². The molecule has 4 rings (SSSR count). The highest BCUT2D eigenvalue weighted by atomic mass is 16.5. The van der Waals surface area contributed by atoms with Crippen LogP contribution >= 0.6 is 0 Å². The van der Waals surface area contributed by atoms with Crippen LogP contribution in [0.3, 0.4) is 0 Å². The number of fused-ring (bicyclic) bond motifs is 1. The van der Waals surface area contributed by atoms with Crippen LogP contribution in [0.25, 0.3) is 10.9 Å². The lowest BCUT2D eigenvalue weighted by molar-refractivity contribution is 0.0237. The number of rotatable bonds is 5. The lowest BCUT2D eigenvalue weighted by atomic mass is 10.1. The third kappa shape index (κ3) is 4.28. The molecular weight excluding hydrogens is 342 g/mol. The Morgan fingerprint density at radius 1 is 1.26 bits per heavy atom. The molecule has 2 aromatic heterocycles. The quantitative estimate of drug-likeness (QED) is 0.727. The minimum absolute atomic E-state index is 0.137. The van der Waals surface area contributed by atoms with Crippen LogP contribution in [-0.4, -0.2) is 35.2 Å². The normalized spacial score (nSPS) is 15.0. The van der Waals surface area contributed by atoms with E-state index in [1.54, 1.807) is 18.3 Å². The van der Waals surface area contributed by atoms with E-state index >= 15 is 0 Å². The molecule has 0 radical (unpaired) electrons. The summed E-state index contributed by atoms with van der Waals surface area (Å²) in [6.07, 6.45) is 3.44. The van der Waals surface area contributed by atoms with Crippen LogP contribution in [0.5, 0.6) is 5.88 Å². The van der Waals surface area contributed by atoms with E-state index in [-0.39, 0.29) is 12.0 Å². The average molecular weight is 365 g/mol. The molecular formula is C21H23N3O3. The second kappa shape index (κ2) is 7.80. The Hall–Kier alpha value is -2.86. The minimum Gasteiger partial charge on any atom is -0.474 e. The van der Waals surface area contributed by atoms with E-state index in [1.165, 1.54) is 0 Å². The number of carbonyl (C=O) groups excluding carboxylic acids is 1. The van der Waals surface area contributed by atoms with E-state index in [0.717, 1.165) is 48.2 Å². The smallest absolute Gasteiger partial charge is 0.253 e. The highest BCUT2D eigenvalue weighted by Gasteiger charge is 2.16. The largest absolute Gasteiger partial charge is 0.474 e. The van der Waals surface area contributed by atoms with Crippen LogP contribution in [0.15, 0.2) is 42.6 Å². The number of amides is 1. The van der Waals surface area contributed by atoms with Crippen LogP contribution < -0.4 is 10.1 Å². The van der Waals surface area contributed by atoms with Crippen molar-refractivity contribution in [3.8, 4) is 5.88 Å². The first-order valence-electron chi connectivity index (χ1n) is 9.24. The van der Waals surface area contributed by atoms with Gasteiger partial charge in [-0.3, -0.25) is 4.79 Å². The number of benzene rings is 1.